The molecule has 2 amide bonds. The van der Waals surface area contributed by atoms with Gasteiger partial charge in [-0.2, -0.15) is 0 Å². The minimum Gasteiger partial charge on any atom is -0.302 e. The third kappa shape index (κ3) is 9.31. The van der Waals surface area contributed by atoms with Crippen molar-refractivity contribution in [3.63, 3.8) is 0 Å². The Labute approximate surface area is 284 Å². The predicted molar refractivity (Wildman–Crippen MR) is 198 cm³/mol. The standard InChI is InChI=1S/C20H20N2OS.C19H18N2OS/c1-14(2)13-17(23)21-20-22-18(15-9-5-3-6-10-15)19(24-20)16-11-7-4-8-12-16;1-2-9-16(22)20-19-21-17(14-10-5-3-6-11-14)18(23-19)15-12-7-4-8-13-15/h3-12,14H,13H2,1-2H3,(H,21,22,23);3-8,10-13H,2,9H2,1H3,(H,20,21,22). The number of nitrogens with one attached hydrogen (secondary N) is 2. The highest BCUT2D eigenvalue weighted by Gasteiger charge is 2.17. The maximum absolute atomic E-state index is 12.1. The van der Waals surface area contributed by atoms with E-state index in [9.17, 15) is 9.59 Å². The normalized spacial score (nSPS) is 10.6. The maximum Gasteiger partial charge on any atom is 0.226 e. The molecule has 8 heteroatoms. The van der Waals surface area contributed by atoms with Crippen LogP contribution in [0.2, 0.25) is 0 Å². The molecule has 0 spiro atoms. The fraction of sp³-hybridized carbons (Fsp3) is 0.179. The molecule has 0 radical (unpaired) electrons. The Morgan fingerprint density at radius 2 is 0.936 bits per heavy atom. The van der Waals surface area contributed by atoms with E-state index in [4.69, 9.17) is 4.98 Å². The van der Waals surface area contributed by atoms with Crippen LogP contribution in [0.4, 0.5) is 10.3 Å². The molecular formula is C39H38N4O2S2. The number of benzene rings is 4. The Morgan fingerprint density at radius 1 is 0.574 bits per heavy atom. The minimum absolute atomic E-state index is 0.0120. The van der Waals surface area contributed by atoms with Crippen molar-refractivity contribution in [3.8, 4) is 43.4 Å². The average molecular weight is 659 g/mol. The quantitative estimate of drug-likeness (QED) is 0.153. The van der Waals surface area contributed by atoms with Crippen molar-refractivity contribution in [2.45, 2.75) is 40.0 Å². The van der Waals surface area contributed by atoms with E-state index < -0.39 is 0 Å². The van der Waals surface area contributed by atoms with Crippen LogP contribution in [0.25, 0.3) is 43.4 Å². The number of amides is 2. The summed E-state index contributed by atoms with van der Waals surface area (Å²) < 4.78 is 0. The molecule has 2 N–H and O–H groups in total. The zero-order valence-corrected chi connectivity index (χ0v) is 28.4. The fourth-order valence-corrected chi connectivity index (χ4v) is 6.87. The van der Waals surface area contributed by atoms with Crippen LogP contribution in [0, 0.1) is 5.92 Å². The highest BCUT2D eigenvalue weighted by Crippen LogP contribution is 2.40. The van der Waals surface area contributed by atoms with Crippen molar-refractivity contribution in [3.05, 3.63) is 121 Å². The van der Waals surface area contributed by atoms with Crippen LogP contribution < -0.4 is 10.6 Å². The molecule has 2 aromatic heterocycles. The lowest BCUT2D eigenvalue weighted by atomic mass is 10.1. The minimum atomic E-state index is 0.0120. The van der Waals surface area contributed by atoms with Crippen molar-refractivity contribution >= 4 is 44.8 Å². The first-order chi connectivity index (χ1) is 22.9. The molecule has 0 atom stereocenters. The van der Waals surface area contributed by atoms with E-state index in [1.165, 1.54) is 22.7 Å². The molecule has 0 saturated heterocycles. The Kier molecular flexibility index (Phi) is 11.8. The summed E-state index contributed by atoms with van der Waals surface area (Å²) >= 11 is 3.04. The van der Waals surface area contributed by atoms with E-state index in [2.05, 4.69) is 39.9 Å². The largest absolute Gasteiger partial charge is 0.302 e. The third-order valence-electron chi connectivity index (χ3n) is 6.98. The number of hydrogen-bond donors (Lipinski definition) is 2. The first-order valence-corrected chi connectivity index (χ1v) is 17.4. The monoisotopic (exact) mass is 658 g/mol. The van der Waals surface area contributed by atoms with Gasteiger partial charge in [-0.05, 0) is 23.5 Å². The lowest BCUT2D eigenvalue weighted by Gasteiger charge is -2.03. The molecule has 0 fully saturated rings. The van der Waals surface area contributed by atoms with Crippen LogP contribution in [0.5, 0.6) is 0 Å². The number of aromatic nitrogens is 2. The topological polar surface area (TPSA) is 84.0 Å². The molecule has 0 aliphatic rings. The zero-order chi connectivity index (χ0) is 33.0. The number of carbonyl (C=O) groups is 2. The fourth-order valence-electron chi connectivity index (χ4n) is 4.85. The van der Waals surface area contributed by atoms with Crippen molar-refractivity contribution in [2.75, 3.05) is 10.6 Å². The van der Waals surface area contributed by atoms with Gasteiger partial charge in [-0.1, -0.05) is 165 Å². The van der Waals surface area contributed by atoms with Gasteiger partial charge in [-0.15, -0.1) is 0 Å². The second-order valence-electron chi connectivity index (χ2n) is 11.3. The lowest BCUT2D eigenvalue weighted by molar-refractivity contribution is -0.117. The number of anilines is 2. The summed E-state index contributed by atoms with van der Waals surface area (Å²) in [5.41, 5.74) is 6.15. The van der Waals surface area contributed by atoms with Gasteiger partial charge in [-0.3, -0.25) is 9.59 Å². The summed E-state index contributed by atoms with van der Waals surface area (Å²) in [6, 6.07) is 40.5. The second kappa shape index (κ2) is 16.6. The molecule has 0 unspecified atom stereocenters. The summed E-state index contributed by atoms with van der Waals surface area (Å²) in [4.78, 5) is 35.4. The third-order valence-corrected chi connectivity index (χ3v) is 9.02. The Hall–Kier alpha value is -4.92. The highest BCUT2D eigenvalue weighted by molar-refractivity contribution is 7.20. The summed E-state index contributed by atoms with van der Waals surface area (Å²) in [6.07, 6.45) is 1.84. The Bertz CT molecular complexity index is 1760. The van der Waals surface area contributed by atoms with Crippen LogP contribution in [0.3, 0.4) is 0 Å². The SMILES string of the molecule is CC(C)CC(=O)Nc1nc(-c2ccccc2)c(-c2ccccc2)s1.CCCC(=O)Nc1nc(-c2ccccc2)c(-c2ccccc2)s1. The molecule has 6 nitrogen and oxygen atoms in total. The summed E-state index contributed by atoms with van der Waals surface area (Å²) in [5.74, 6) is 0.352. The van der Waals surface area contributed by atoms with Crippen LogP contribution >= 0.6 is 22.7 Å². The predicted octanol–water partition coefficient (Wildman–Crippen LogP) is 10.7. The number of rotatable bonds is 10. The molecule has 238 valence electrons. The van der Waals surface area contributed by atoms with E-state index in [0.717, 1.165) is 49.8 Å². The molecule has 2 heterocycles. The molecule has 0 aliphatic carbocycles. The number of nitrogens with zero attached hydrogens (tertiary/aromatic N) is 2. The van der Waals surface area contributed by atoms with E-state index in [1.807, 2.05) is 118 Å². The smallest absolute Gasteiger partial charge is 0.226 e. The van der Waals surface area contributed by atoms with Gasteiger partial charge in [-0.25, -0.2) is 9.97 Å². The van der Waals surface area contributed by atoms with Gasteiger partial charge in [0.2, 0.25) is 11.8 Å². The van der Waals surface area contributed by atoms with Gasteiger partial charge in [0, 0.05) is 24.0 Å². The molecular weight excluding hydrogens is 621 g/mol. The Morgan fingerprint density at radius 3 is 1.30 bits per heavy atom. The highest BCUT2D eigenvalue weighted by atomic mass is 32.1. The number of carbonyl (C=O) groups excluding carboxylic acids is 2. The second-order valence-corrected chi connectivity index (χ2v) is 13.3. The molecule has 6 rings (SSSR count). The van der Waals surface area contributed by atoms with Gasteiger partial charge in [0.15, 0.2) is 10.3 Å². The average Bonchev–Trinajstić information content (AvgIpc) is 3.71. The van der Waals surface area contributed by atoms with Gasteiger partial charge in [0.1, 0.15) is 0 Å². The van der Waals surface area contributed by atoms with Crippen LogP contribution in [0.15, 0.2) is 121 Å². The molecule has 4 aromatic carbocycles. The first-order valence-electron chi connectivity index (χ1n) is 15.7. The van der Waals surface area contributed by atoms with Crippen molar-refractivity contribution in [1.82, 2.24) is 9.97 Å². The number of hydrogen-bond acceptors (Lipinski definition) is 6. The molecule has 0 aliphatic heterocycles. The van der Waals surface area contributed by atoms with Crippen LogP contribution in [-0.2, 0) is 9.59 Å². The van der Waals surface area contributed by atoms with Gasteiger partial charge < -0.3 is 10.6 Å². The van der Waals surface area contributed by atoms with Gasteiger partial charge in [0.05, 0.1) is 21.1 Å². The summed E-state index contributed by atoms with van der Waals surface area (Å²) in [6.45, 7) is 6.06. The van der Waals surface area contributed by atoms with E-state index in [1.54, 1.807) is 0 Å². The van der Waals surface area contributed by atoms with Crippen molar-refractivity contribution in [2.24, 2.45) is 5.92 Å². The number of thiazole rings is 2. The van der Waals surface area contributed by atoms with Crippen molar-refractivity contribution in [1.29, 1.82) is 0 Å². The maximum atomic E-state index is 12.1. The van der Waals surface area contributed by atoms with E-state index >= 15 is 0 Å². The molecule has 0 saturated carbocycles. The van der Waals surface area contributed by atoms with Crippen LogP contribution in [0.1, 0.15) is 40.0 Å². The van der Waals surface area contributed by atoms with Crippen LogP contribution in [-0.4, -0.2) is 21.8 Å². The molecule has 0 bridgehead atoms. The zero-order valence-electron chi connectivity index (χ0n) is 26.8. The van der Waals surface area contributed by atoms with E-state index in [-0.39, 0.29) is 11.8 Å². The molecule has 47 heavy (non-hydrogen) atoms. The van der Waals surface area contributed by atoms with Gasteiger partial charge >= 0.3 is 0 Å². The lowest BCUT2D eigenvalue weighted by Crippen LogP contribution is -2.13. The van der Waals surface area contributed by atoms with Crippen molar-refractivity contribution < 1.29 is 9.59 Å². The Balaban J connectivity index is 0.000000185. The summed E-state index contributed by atoms with van der Waals surface area (Å²) in [5, 5.41) is 7.16. The first kappa shape index (κ1) is 33.4. The molecule has 6 aromatic rings. The summed E-state index contributed by atoms with van der Waals surface area (Å²) in [7, 11) is 0. The van der Waals surface area contributed by atoms with Gasteiger partial charge in [0.25, 0.3) is 0 Å². The van der Waals surface area contributed by atoms with E-state index in [0.29, 0.717) is 29.0 Å².